The van der Waals surface area contributed by atoms with Crippen LogP contribution in [0.4, 0.5) is 0 Å². The highest BCUT2D eigenvalue weighted by Crippen LogP contribution is 2.42. The first kappa shape index (κ1) is 17.6. The molecule has 0 aromatic carbocycles. The number of nitrogens with zero attached hydrogens (tertiary/aromatic N) is 4. The number of hydrogen-bond acceptors (Lipinski definition) is 8. The Bertz CT molecular complexity index is 947. The molecule has 3 aromatic rings. The molecule has 0 atom stereocenters. The lowest BCUT2D eigenvalue weighted by atomic mass is 10.2. The van der Waals surface area contributed by atoms with E-state index in [0.29, 0.717) is 0 Å². The van der Waals surface area contributed by atoms with Gasteiger partial charge in [-0.05, 0) is 32.9 Å². The summed E-state index contributed by atoms with van der Waals surface area (Å²) in [5.74, 6) is 1.01. The van der Waals surface area contributed by atoms with Crippen molar-refractivity contribution in [3.05, 3.63) is 35.9 Å². The van der Waals surface area contributed by atoms with Crippen LogP contribution in [0.1, 0.15) is 31.7 Å². The summed E-state index contributed by atoms with van der Waals surface area (Å²) in [5, 5.41) is 6.31. The molecule has 0 saturated heterocycles. The monoisotopic (exact) mass is 402 g/mol. The maximum Gasteiger partial charge on any atom is 0.137 e. The Morgan fingerprint density at radius 1 is 1.19 bits per heavy atom. The molecule has 0 bridgehead atoms. The van der Waals surface area contributed by atoms with Crippen LogP contribution in [0.2, 0.25) is 0 Å². The third-order valence-electron chi connectivity index (χ3n) is 3.71. The van der Waals surface area contributed by atoms with Crippen LogP contribution in [0, 0.1) is 6.92 Å². The fourth-order valence-corrected chi connectivity index (χ4v) is 6.02. The molecule has 0 unspecified atom stereocenters. The molecule has 0 amide bonds. The van der Waals surface area contributed by atoms with Crippen molar-refractivity contribution in [1.82, 2.24) is 15.0 Å². The van der Waals surface area contributed by atoms with Crippen molar-refractivity contribution >= 4 is 40.1 Å². The Kier molecular flexibility index (Phi) is 5.06. The first-order chi connectivity index (χ1) is 12.6. The summed E-state index contributed by atoms with van der Waals surface area (Å²) in [7, 11) is 0. The lowest BCUT2D eigenvalue weighted by Crippen LogP contribution is -2.11. The summed E-state index contributed by atoms with van der Waals surface area (Å²) in [4.78, 5) is 20.4. The molecule has 0 spiro atoms. The Morgan fingerprint density at radius 2 is 2.08 bits per heavy atom. The zero-order chi connectivity index (χ0) is 18.1. The average Bonchev–Trinajstić information content (AvgIpc) is 3.24. The highest BCUT2D eigenvalue weighted by Gasteiger charge is 2.25. The van der Waals surface area contributed by atoms with Gasteiger partial charge in [0.2, 0.25) is 0 Å². The van der Waals surface area contributed by atoms with Gasteiger partial charge in [-0.2, -0.15) is 0 Å². The highest BCUT2D eigenvalue weighted by atomic mass is 32.2. The van der Waals surface area contributed by atoms with Crippen molar-refractivity contribution < 1.29 is 4.84 Å². The molecule has 5 nitrogen and oxygen atoms in total. The number of fused-ring (bicyclic) bond motifs is 1. The number of hydrogen-bond donors (Lipinski definition) is 0. The lowest BCUT2D eigenvalue weighted by Gasteiger charge is -2.12. The van der Waals surface area contributed by atoms with E-state index in [1.54, 1.807) is 28.9 Å². The van der Waals surface area contributed by atoms with E-state index in [9.17, 15) is 0 Å². The molecule has 4 heterocycles. The van der Waals surface area contributed by atoms with Gasteiger partial charge in [0.05, 0.1) is 14.8 Å². The summed E-state index contributed by atoms with van der Waals surface area (Å²) in [6, 6.07) is 3.97. The van der Waals surface area contributed by atoms with E-state index in [1.807, 2.05) is 50.9 Å². The van der Waals surface area contributed by atoms with Gasteiger partial charge in [-0.15, -0.1) is 34.4 Å². The van der Waals surface area contributed by atoms with E-state index >= 15 is 0 Å². The molecule has 3 aromatic heterocycles. The zero-order valence-electron chi connectivity index (χ0n) is 14.7. The van der Waals surface area contributed by atoms with Crippen LogP contribution in [0.25, 0.3) is 20.5 Å². The third kappa shape index (κ3) is 3.54. The second-order valence-electron chi connectivity index (χ2n) is 6.12. The van der Waals surface area contributed by atoms with Crippen LogP contribution in [-0.2, 0) is 4.84 Å². The predicted molar refractivity (Wildman–Crippen MR) is 109 cm³/mol. The zero-order valence-corrected chi connectivity index (χ0v) is 17.2. The van der Waals surface area contributed by atoms with Crippen molar-refractivity contribution in [2.24, 2.45) is 5.16 Å². The maximum atomic E-state index is 5.47. The van der Waals surface area contributed by atoms with Gasteiger partial charge in [-0.1, -0.05) is 5.16 Å². The second-order valence-corrected chi connectivity index (χ2v) is 9.48. The molecular formula is C18H18N4OS3. The number of aromatic nitrogens is 3. The van der Waals surface area contributed by atoms with Crippen LogP contribution in [0.5, 0.6) is 0 Å². The maximum absolute atomic E-state index is 5.47. The summed E-state index contributed by atoms with van der Waals surface area (Å²) in [6.07, 6.45) is 4.58. The number of aryl methyl sites for hydroxylation is 1. The molecule has 0 aliphatic carbocycles. The van der Waals surface area contributed by atoms with Crippen molar-refractivity contribution in [3.8, 4) is 20.5 Å². The number of rotatable bonds is 4. The van der Waals surface area contributed by atoms with E-state index < -0.39 is 0 Å². The Balaban J connectivity index is 1.70. The molecule has 0 N–H and O–H groups in total. The number of thioether (sulfide) groups is 1. The molecular weight excluding hydrogens is 384 g/mol. The Morgan fingerprint density at radius 3 is 2.85 bits per heavy atom. The number of oxime groups is 1. The smallest absolute Gasteiger partial charge is 0.137 e. The van der Waals surface area contributed by atoms with Gasteiger partial charge in [-0.3, -0.25) is 4.98 Å². The van der Waals surface area contributed by atoms with Crippen molar-refractivity contribution in [3.63, 3.8) is 0 Å². The quantitative estimate of drug-likeness (QED) is 0.557. The van der Waals surface area contributed by atoms with Crippen LogP contribution in [0.3, 0.4) is 0 Å². The summed E-state index contributed by atoms with van der Waals surface area (Å²) < 4.78 is 1.22. The molecule has 1 aliphatic heterocycles. The van der Waals surface area contributed by atoms with E-state index in [1.165, 1.54) is 4.21 Å². The fourth-order valence-electron chi connectivity index (χ4n) is 2.51. The molecule has 0 radical (unpaired) electrons. The summed E-state index contributed by atoms with van der Waals surface area (Å²) in [5.41, 5.74) is 3.96. The minimum atomic E-state index is 0.0735. The van der Waals surface area contributed by atoms with E-state index in [4.69, 9.17) is 14.8 Å². The minimum Gasteiger partial charge on any atom is -0.393 e. The molecule has 8 heteroatoms. The van der Waals surface area contributed by atoms with Crippen molar-refractivity contribution in [1.29, 1.82) is 0 Å². The normalized spacial score (nSPS) is 15.5. The summed E-state index contributed by atoms with van der Waals surface area (Å²) >= 11 is 5.23. The predicted octanol–water partition coefficient (Wildman–Crippen LogP) is 5.26. The molecule has 0 fully saturated rings. The fraction of sp³-hybridized carbons (Fsp3) is 0.333. The second kappa shape index (κ2) is 7.46. The molecule has 1 aliphatic rings. The van der Waals surface area contributed by atoms with Gasteiger partial charge in [-0.25, -0.2) is 9.97 Å². The molecule has 26 heavy (non-hydrogen) atoms. The van der Waals surface area contributed by atoms with Crippen molar-refractivity contribution in [2.45, 2.75) is 37.5 Å². The number of pyridine rings is 1. The Labute approximate surface area is 164 Å². The average molecular weight is 403 g/mol. The first-order valence-corrected chi connectivity index (χ1v) is 11.0. The summed E-state index contributed by atoms with van der Waals surface area (Å²) in [6.45, 7) is 6.00. The van der Waals surface area contributed by atoms with Gasteiger partial charge >= 0.3 is 0 Å². The largest absolute Gasteiger partial charge is 0.393 e. The molecule has 4 rings (SSSR count). The van der Waals surface area contributed by atoms with Gasteiger partial charge in [0.25, 0.3) is 0 Å². The van der Waals surface area contributed by atoms with Gasteiger partial charge in [0.1, 0.15) is 27.5 Å². The van der Waals surface area contributed by atoms with Gasteiger partial charge in [0.15, 0.2) is 0 Å². The van der Waals surface area contributed by atoms with E-state index in [0.717, 1.165) is 49.7 Å². The lowest BCUT2D eigenvalue weighted by molar-refractivity contribution is 0.0856. The van der Waals surface area contributed by atoms with E-state index in [2.05, 4.69) is 10.1 Å². The molecule has 134 valence electrons. The topological polar surface area (TPSA) is 60.3 Å². The standard InChI is InChI=1S/C18H18N4OS3/c1-10(2)23-22-13-6-8-24-18-14(13)21-17(26-18)15-11(3)20-16(25-15)12-5-4-7-19-9-12/h4-5,7,9-10H,6,8H2,1-3H3. The number of thiazole rings is 2. The third-order valence-corrected chi connectivity index (χ3v) is 7.39. The van der Waals surface area contributed by atoms with Crippen LogP contribution in [-0.4, -0.2) is 32.5 Å². The Hall–Kier alpha value is -1.77. The molecule has 0 saturated carbocycles. The van der Waals surface area contributed by atoms with Crippen molar-refractivity contribution in [2.75, 3.05) is 5.75 Å². The van der Waals surface area contributed by atoms with Crippen LogP contribution >= 0.6 is 34.4 Å². The van der Waals surface area contributed by atoms with Crippen LogP contribution in [0.15, 0.2) is 33.9 Å². The SMILES string of the molecule is Cc1nc(-c2cccnc2)sc1-c1nc2c(s1)SCCC2=NOC(C)C. The highest BCUT2D eigenvalue weighted by molar-refractivity contribution is 8.01. The van der Waals surface area contributed by atoms with Gasteiger partial charge in [0, 0.05) is 30.1 Å². The first-order valence-electron chi connectivity index (χ1n) is 8.36. The van der Waals surface area contributed by atoms with Gasteiger partial charge < -0.3 is 4.84 Å². The van der Waals surface area contributed by atoms with E-state index in [-0.39, 0.29) is 6.10 Å². The minimum absolute atomic E-state index is 0.0735. The van der Waals surface area contributed by atoms with Crippen LogP contribution < -0.4 is 0 Å².